The minimum atomic E-state index is -0.132. The van der Waals surface area contributed by atoms with Gasteiger partial charge in [0.1, 0.15) is 5.82 Å². The Bertz CT molecular complexity index is 367. The zero-order valence-electron chi connectivity index (χ0n) is 11.4. The molecular formula is C16H20ClF. The van der Waals surface area contributed by atoms with Crippen molar-refractivity contribution in [3.8, 4) is 0 Å². The van der Waals surface area contributed by atoms with Gasteiger partial charge in [0.25, 0.3) is 0 Å². The second-order valence-electron chi connectivity index (χ2n) is 3.50. The lowest BCUT2D eigenvalue weighted by Crippen LogP contribution is -1.76. The topological polar surface area (TPSA) is 0 Å². The summed E-state index contributed by atoms with van der Waals surface area (Å²) in [5.74, 6) is -0.132. The molecule has 2 heteroatoms. The summed E-state index contributed by atoms with van der Waals surface area (Å²) < 4.78 is 12.3. The molecular weight excluding hydrogens is 247 g/mol. The summed E-state index contributed by atoms with van der Waals surface area (Å²) in [7, 11) is 0. The van der Waals surface area contributed by atoms with Gasteiger partial charge in [-0.05, 0) is 37.1 Å². The van der Waals surface area contributed by atoms with E-state index in [9.17, 15) is 4.39 Å². The van der Waals surface area contributed by atoms with E-state index in [1.807, 2.05) is 51.1 Å². The minimum absolute atomic E-state index is 0.132. The molecule has 0 fully saturated rings. The summed E-state index contributed by atoms with van der Waals surface area (Å²) in [4.78, 5) is 0. The van der Waals surface area contributed by atoms with Crippen molar-refractivity contribution in [1.82, 2.24) is 0 Å². The maximum Gasteiger partial charge on any atom is 0.126 e. The monoisotopic (exact) mass is 266 g/mol. The Balaban J connectivity index is 0.000000283. The lowest BCUT2D eigenvalue weighted by molar-refractivity contribution is 0.618. The summed E-state index contributed by atoms with van der Waals surface area (Å²) >= 11 is 5.71. The lowest BCUT2D eigenvalue weighted by atomic mass is 10.2. The molecule has 0 nitrogen and oxygen atoms in total. The van der Waals surface area contributed by atoms with Gasteiger partial charge in [0.15, 0.2) is 0 Å². The molecule has 0 spiro atoms. The summed E-state index contributed by atoms with van der Waals surface area (Å²) in [6, 6.07) is 14.5. The van der Waals surface area contributed by atoms with Crippen LogP contribution in [0.2, 0.25) is 5.02 Å². The third kappa shape index (κ3) is 6.41. The van der Waals surface area contributed by atoms with Crippen LogP contribution in [0.4, 0.5) is 4.39 Å². The zero-order chi connectivity index (χ0) is 14.0. The average molecular weight is 267 g/mol. The van der Waals surface area contributed by atoms with Gasteiger partial charge < -0.3 is 0 Å². The first kappa shape index (κ1) is 16.7. The highest BCUT2D eigenvalue weighted by Crippen LogP contribution is 2.11. The summed E-state index contributed by atoms with van der Waals surface area (Å²) in [5, 5.41) is 0.840. The molecule has 18 heavy (non-hydrogen) atoms. The number of hydrogen-bond acceptors (Lipinski definition) is 0. The highest BCUT2D eigenvalue weighted by molar-refractivity contribution is 6.31. The summed E-state index contributed by atoms with van der Waals surface area (Å²) in [5.41, 5.74) is 1.83. The average Bonchev–Trinajstić information content (AvgIpc) is 2.40. The molecule has 0 aliphatic rings. The van der Waals surface area contributed by atoms with Crippen LogP contribution >= 0.6 is 11.6 Å². The Morgan fingerprint density at radius 2 is 1.22 bits per heavy atom. The Morgan fingerprint density at radius 3 is 1.50 bits per heavy atom. The van der Waals surface area contributed by atoms with Crippen molar-refractivity contribution in [3.05, 3.63) is 70.5 Å². The van der Waals surface area contributed by atoms with Crippen molar-refractivity contribution in [3.63, 3.8) is 0 Å². The highest BCUT2D eigenvalue weighted by Gasteiger charge is 1.88. The molecule has 0 bridgehead atoms. The minimum Gasteiger partial charge on any atom is -0.207 e. The van der Waals surface area contributed by atoms with Crippen LogP contribution in [-0.2, 0) is 0 Å². The third-order valence-electron chi connectivity index (χ3n) is 2.15. The van der Waals surface area contributed by atoms with E-state index in [1.54, 1.807) is 19.1 Å². The fourth-order valence-electron chi connectivity index (χ4n) is 1.10. The smallest absolute Gasteiger partial charge is 0.126 e. The van der Waals surface area contributed by atoms with Gasteiger partial charge in [-0.3, -0.25) is 0 Å². The molecule has 0 heterocycles. The molecule has 0 radical (unpaired) electrons. The van der Waals surface area contributed by atoms with Crippen molar-refractivity contribution >= 4 is 11.6 Å². The van der Waals surface area contributed by atoms with Crippen LogP contribution in [0.25, 0.3) is 0 Å². The van der Waals surface area contributed by atoms with Gasteiger partial charge in [-0.1, -0.05) is 61.8 Å². The van der Waals surface area contributed by atoms with E-state index in [0.29, 0.717) is 5.56 Å². The van der Waals surface area contributed by atoms with Crippen LogP contribution < -0.4 is 0 Å². The van der Waals surface area contributed by atoms with Crippen molar-refractivity contribution in [1.29, 1.82) is 0 Å². The van der Waals surface area contributed by atoms with E-state index in [0.717, 1.165) is 10.6 Å². The largest absolute Gasteiger partial charge is 0.207 e. The normalized spacial score (nSPS) is 8.56. The van der Waals surface area contributed by atoms with Gasteiger partial charge in [0.05, 0.1) is 0 Å². The second kappa shape index (κ2) is 9.67. The van der Waals surface area contributed by atoms with Crippen LogP contribution in [0.5, 0.6) is 0 Å². The quantitative estimate of drug-likeness (QED) is 0.564. The molecule has 0 unspecified atom stereocenters. The predicted octanol–water partition coefficient (Wildman–Crippen LogP) is 5.81. The van der Waals surface area contributed by atoms with Crippen LogP contribution in [0, 0.1) is 19.7 Å². The van der Waals surface area contributed by atoms with Crippen molar-refractivity contribution in [2.75, 3.05) is 0 Å². The Kier molecular flexibility index (Phi) is 8.95. The van der Waals surface area contributed by atoms with Gasteiger partial charge >= 0.3 is 0 Å². The van der Waals surface area contributed by atoms with E-state index in [1.165, 1.54) is 6.07 Å². The number of hydrogen-bond donors (Lipinski definition) is 0. The molecule has 0 aliphatic heterocycles. The number of rotatable bonds is 0. The lowest BCUT2D eigenvalue weighted by Gasteiger charge is -1.90. The molecule has 0 N–H and O–H groups in total. The molecule has 0 saturated carbocycles. The number of aryl methyl sites for hydroxylation is 2. The van der Waals surface area contributed by atoms with Crippen molar-refractivity contribution in [2.24, 2.45) is 0 Å². The Morgan fingerprint density at radius 1 is 0.778 bits per heavy atom. The second-order valence-corrected chi connectivity index (χ2v) is 3.91. The summed E-state index contributed by atoms with van der Waals surface area (Å²) in [6.07, 6.45) is 0. The van der Waals surface area contributed by atoms with Gasteiger partial charge in [-0.25, -0.2) is 4.39 Å². The standard InChI is InChI=1S/C7H7Cl.C7H7F.C2H6/c2*1-6-4-2-3-5-7(6)8;1-2/h2*2-5H,1H3;1-2H3. The van der Waals surface area contributed by atoms with Crippen LogP contribution in [0.1, 0.15) is 25.0 Å². The molecule has 98 valence electrons. The Hall–Kier alpha value is -1.34. The number of benzene rings is 2. The summed E-state index contributed by atoms with van der Waals surface area (Å²) in [6.45, 7) is 7.73. The fourth-order valence-corrected chi connectivity index (χ4v) is 1.24. The maximum absolute atomic E-state index is 12.3. The van der Waals surface area contributed by atoms with Gasteiger partial charge in [-0.15, -0.1) is 0 Å². The van der Waals surface area contributed by atoms with E-state index in [-0.39, 0.29) is 5.82 Å². The fraction of sp³-hybridized carbons (Fsp3) is 0.250. The van der Waals surface area contributed by atoms with E-state index in [2.05, 4.69) is 0 Å². The molecule has 0 atom stereocenters. The predicted molar refractivity (Wildman–Crippen MR) is 78.7 cm³/mol. The molecule has 2 aromatic rings. The first-order valence-corrected chi connectivity index (χ1v) is 6.41. The third-order valence-corrected chi connectivity index (χ3v) is 2.58. The van der Waals surface area contributed by atoms with Gasteiger partial charge in [0, 0.05) is 5.02 Å². The van der Waals surface area contributed by atoms with Crippen LogP contribution in [-0.4, -0.2) is 0 Å². The molecule has 0 saturated heterocycles. The van der Waals surface area contributed by atoms with Crippen LogP contribution in [0.3, 0.4) is 0 Å². The van der Waals surface area contributed by atoms with Gasteiger partial charge in [-0.2, -0.15) is 0 Å². The Labute approximate surface area is 114 Å². The zero-order valence-corrected chi connectivity index (χ0v) is 12.1. The van der Waals surface area contributed by atoms with Crippen LogP contribution in [0.15, 0.2) is 48.5 Å². The van der Waals surface area contributed by atoms with Gasteiger partial charge in [0.2, 0.25) is 0 Å². The first-order chi connectivity index (χ1) is 8.61. The molecule has 0 aliphatic carbocycles. The number of halogens is 2. The maximum atomic E-state index is 12.3. The van der Waals surface area contributed by atoms with E-state index < -0.39 is 0 Å². The molecule has 2 rings (SSSR count). The molecule has 2 aromatic carbocycles. The highest BCUT2D eigenvalue weighted by atomic mass is 35.5. The van der Waals surface area contributed by atoms with E-state index in [4.69, 9.17) is 11.6 Å². The van der Waals surface area contributed by atoms with E-state index >= 15 is 0 Å². The first-order valence-electron chi connectivity index (χ1n) is 6.03. The van der Waals surface area contributed by atoms with Crippen molar-refractivity contribution in [2.45, 2.75) is 27.7 Å². The van der Waals surface area contributed by atoms with Crippen molar-refractivity contribution < 1.29 is 4.39 Å². The molecule has 0 aromatic heterocycles. The SMILES string of the molecule is CC.Cc1ccccc1Cl.Cc1ccccc1F. The molecule has 0 amide bonds.